The molecule has 0 aliphatic carbocycles. The number of H-pyrrole nitrogens is 1. The fourth-order valence-corrected chi connectivity index (χ4v) is 2.97. The van der Waals surface area contributed by atoms with E-state index in [0.717, 1.165) is 10.2 Å². The Hall–Kier alpha value is -2.68. The highest BCUT2D eigenvalue weighted by Crippen LogP contribution is 2.36. The van der Waals surface area contributed by atoms with Crippen LogP contribution in [0, 0.1) is 11.7 Å². The summed E-state index contributed by atoms with van der Waals surface area (Å²) in [5.41, 5.74) is 1.37. The van der Waals surface area contributed by atoms with Gasteiger partial charge in [-0.2, -0.15) is 14.9 Å². The van der Waals surface area contributed by atoms with E-state index in [1.165, 1.54) is 13.3 Å². The van der Waals surface area contributed by atoms with Crippen LogP contribution < -0.4 is 15.0 Å². The number of hydrogen-bond donors (Lipinski definition) is 1. The van der Waals surface area contributed by atoms with Crippen molar-refractivity contribution in [1.29, 1.82) is 0 Å². The number of ether oxygens (including phenoxy) is 2. The van der Waals surface area contributed by atoms with E-state index in [0.29, 0.717) is 33.7 Å². The lowest BCUT2D eigenvalue weighted by Crippen LogP contribution is -2.22. The third kappa shape index (κ3) is 5.03. The first-order chi connectivity index (χ1) is 13.9. The van der Waals surface area contributed by atoms with Gasteiger partial charge in [-0.15, -0.1) is 0 Å². The van der Waals surface area contributed by atoms with Crippen LogP contribution in [0.25, 0.3) is 0 Å². The number of methoxy groups -OCH3 is 1. The van der Waals surface area contributed by atoms with Gasteiger partial charge in [-0.3, -0.25) is 9.89 Å². The van der Waals surface area contributed by atoms with Crippen LogP contribution in [0.3, 0.4) is 0 Å². The Balaban J connectivity index is 1.86. The van der Waals surface area contributed by atoms with E-state index in [9.17, 15) is 4.79 Å². The van der Waals surface area contributed by atoms with Gasteiger partial charge in [-0.05, 0) is 54.5 Å². The summed E-state index contributed by atoms with van der Waals surface area (Å²) < 4.78 is 12.3. The minimum absolute atomic E-state index is 0.0813. The van der Waals surface area contributed by atoms with Gasteiger partial charge in [0, 0.05) is 5.02 Å². The van der Waals surface area contributed by atoms with Crippen molar-refractivity contribution in [2.24, 2.45) is 5.10 Å². The predicted molar refractivity (Wildman–Crippen MR) is 115 cm³/mol. The lowest BCUT2D eigenvalue weighted by atomic mass is 10.2. The average molecular weight is 451 g/mol. The van der Waals surface area contributed by atoms with Gasteiger partial charge in [0.2, 0.25) is 4.77 Å². The zero-order chi connectivity index (χ0) is 21.0. The second-order valence-corrected chi connectivity index (χ2v) is 7.16. The average Bonchev–Trinajstić information content (AvgIpc) is 2.71. The van der Waals surface area contributed by atoms with Crippen LogP contribution in [0.15, 0.2) is 46.3 Å². The van der Waals surface area contributed by atoms with Crippen LogP contribution >= 0.6 is 35.4 Å². The van der Waals surface area contributed by atoms with Gasteiger partial charge in [-0.25, -0.2) is 0 Å². The van der Waals surface area contributed by atoms with Crippen LogP contribution in [0.5, 0.6) is 11.5 Å². The quantitative estimate of drug-likeness (QED) is 0.444. The van der Waals surface area contributed by atoms with E-state index in [2.05, 4.69) is 15.3 Å². The van der Waals surface area contributed by atoms with Crippen molar-refractivity contribution in [3.8, 4) is 11.5 Å². The second kappa shape index (κ2) is 9.21. The molecule has 0 saturated heterocycles. The van der Waals surface area contributed by atoms with Gasteiger partial charge >= 0.3 is 0 Å². The monoisotopic (exact) mass is 450 g/mol. The molecule has 2 aromatic carbocycles. The molecule has 7 nitrogen and oxygen atoms in total. The van der Waals surface area contributed by atoms with Crippen LogP contribution in [0.4, 0.5) is 0 Å². The first kappa shape index (κ1) is 21.0. The number of benzene rings is 2. The number of aromatic amines is 1. The minimum Gasteiger partial charge on any atom is -0.493 e. The molecular weight excluding hydrogens is 435 g/mol. The highest BCUT2D eigenvalue weighted by atomic mass is 35.5. The first-order valence-corrected chi connectivity index (χ1v) is 9.53. The van der Waals surface area contributed by atoms with E-state index in [1.807, 2.05) is 12.1 Å². The molecule has 29 heavy (non-hydrogen) atoms. The summed E-state index contributed by atoms with van der Waals surface area (Å²) in [6, 6.07) is 10.6. The Morgan fingerprint density at radius 3 is 2.69 bits per heavy atom. The zero-order valence-electron chi connectivity index (χ0n) is 15.5. The van der Waals surface area contributed by atoms with E-state index >= 15 is 0 Å². The molecule has 0 amide bonds. The van der Waals surface area contributed by atoms with E-state index in [-0.39, 0.29) is 10.5 Å². The van der Waals surface area contributed by atoms with Gasteiger partial charge in [0.1, 0.15) is 12.3 Å². The molecule has 1 heterocycles. The van der Waals surface area contributed by atoms with Gasteiger partial charge in [-0.1, -0.05) is 35.3 Å². The lowest BCUT2D eigenvalue weighted by Gasteiger charge is -2.13. The molecule has 1 aromatic heterocycles. The summed E-state index contributed by atoms with van der Waals surface area (Å²) >= 11 is 17.3. The van der Waals surface area contributed by atoms with Crippen molar-refractivity contribution in [2.75, 3.05) is 7.11 Å². The van der Waals surface area contributed by atoms with Gasteiger partial charge in [0.25, 0.3) is 5.56 Å². The zero-order valence-corrected chi connectivity index (χ0v) is 17.8. The topological polar surface area (TPSA) is 81.5 Å². The van der Waals surface area contributed by atoms with Crippen LogP contribution in [-0.4, -0.2) is 28.2 Å². The number of hydrogen-bond acceptors (Lipinski definition) is 6. The molecule has 150 valence electrons. The molecule has 3 rings (SSSR count). The van der Waals surface area contributed by atoms with Crippen molar-refractivity contribution in [3.05, 3.63) is 78.4 Å². The molecule has 0 bridgehead atoms. The Bertz CT molecular complexity index is 1170. The smallest absolute Gasteiger partial charge is 0.296 e. The van der Waals surface area contributed by atoms with E-state index < -0.39 is 5.56 Å². The third-order valence-electron chi connectivity index (χ3n) is 3.88. The fourth-order valence-electron chi connectivity index (χ4n) is 2.39. The summed E-state index contributed by atoms with van der Waals surface area (Å²) in [6.45, 7) is 1.86. The largest absolute Gasteiger partial charge is 0.493 e. The summed E-state index contributed by atoms with van der Waals surface area (Å²) in [5.74, 6) is 0.826. The van der Waals surface area contributed by atoms with Crippen molar-refractivity contribution in [1.82, 2.24) is 14.9 Å². The van der Waals surface area contributed by atoms with Gasteiger partial charge in [0.15, 0.2) is 11.5 Å². The van der Waals surface area contributed by atoms with Crippen molar-refractivity contribution in [3.63, 3.8) is 0 Å². The van der Waals surface area contributed by atoms with Crippen LogP contribution in [-0.2, 0) is 6.61 Å². The van der Waals surface area contributed by atoms with Crippen LogP contribution in [0.1, 0.15) is 16.8 Å². The predicted octanol–water partition coefficient (Wildman–Crippen LogP) is 4.39. The maximum absolute atomic E-state index is 12.1. The number of aryl methyl sites for hydroxylation is 1. The molecular formula is C19H16Cl2N4O3S. The maximum Gasteiger partial charge on any atom is 0.296 e. The Labute approximate surface area is 181 Å². The second-order valence-electron chi connectivity index (χ2n) is 5.92. The molecule has 0 radical (unpaired) electrons. The molecule has 3 aromatic rings. The molecule has 10 heteroatoms. The number of nitrogens with zero attached hydrogens (tertiary/aromatic N) is 3. The Morgan fingerprint density at radius 1 is 1.28 bits per heavy atom. The summed E-state index contributed by atoms with van der Waals surface area (Å²) in [4.78, 5) is 12.1. The lowest BCUT2D eigenvalue weighted by molar-refractivity contribution is 0.284. The van der Waals surface area contributed by atoms with Crippen molar-refractivity contribution in [2.45, 2.75) is 13.5 Å². The number of aromatic nitrogens is 3. The summed E-state index contributed by atoms with van der Waals surface area (Å²) in [5, 5.41) is 11.5. The molecule has 0 aliphatic heterocycles. The summed E-state index contributed by atoms with van der Waals surface area (Å²) in [7, 11) is 1.51. The third-order valence-corrected chi connectivity index (χ3v) is 4.68. The standard InChI is InChI=1S/C19H16Cl2N4O3S/c1-11-18(26)25(19(29)24-23-11)22-9-13-7-15(21)17(16(8-13)27-2)28-10-12-3-5-14(20)6-4-12/h3-9H,10H2,1-2H3,(H,24,29)/b22-9-. The SMILES string of the molecule is COc1cc(/C=N\n2c(=S)[nH]nc(C)c2=O)cc(Cl)c1OCc1ccc(Cl)cc1. The molecule has 0 spiro atoms. The van der Waals surface area contributed by atoms with Gasteiger partial charge < -0.3 is 9.47 Å². The van der Waals surface area contributed by atoms with Crippen LogP contribution in [0.2, 0.25) is 10.0 Å². The normalized spacial score (nSPS) is 11.0. The molecule has 0 unspecified atom stereocenters. The fraction of sp³-hybridized carbons (Fsp3) is 0.158. The number of nitrogens with one attached hydrogen (secondary N) is 1. The molecule has 0 saturated carbocycles. The summed E-state index contributed by atoms with van der Waals surface area (Å²) in [6.07, 6.45) is 1.45. The highest BCUT2D eigenvalue weighted by Gasteiger charge is 2.12. The molecule has 0 fully saturated rings. The highest BCUT2D eigenvalue weighted by molar-refractivity contribution is 7.71. The van der Waals surface area contributed by atoms with Gasteiger partial charge in [0.05, 0.1) is 18.3 Å². The molecule has 1 N–H and O–H groups in total. The molecule has 0 aliphatic rings. The number of halogens is 2. The van der Waals surface area contributed by atoms with Crippen molar-refractivity contribution < 1.29 is 9.47 Å². The first-order valence-electron chi connectivity index (χ1n) is 8.36. The van der Waals surface area contributed by atoms with E-state index in [4.69, 9.17) is 44.9 Å². The Kier molecular flexibility index (Phi) is 6.68. The maximum atomic E-state index is 12.1. The molecule has 0 atom stereocenters. The number of rotatable bonds is 6. The van der Waals surface area contributed by atoms with Crippen molar-refractivity contribution >= 4 is 41.6 Å². The minimum atomic E-state index is -0.411. The Morgan fingerprint density at radius 2 is 2.00 bits per heavy atom. The van der Waals surface area contributed by atoms with E-state index in [1.54, 1.807) is 31.2 Å².